The van der Waals surface area contributed by atoms with E-state index in [-0.39, 0.29) is 21.9 Å². The van der Waals surface area contributed by atoms with Crippen LogP contribution < -0.4 is 19.1 Å². The molecule has 1 unspecified atom stereocenters. The van der Waals surface area contributed by atoms with E-state index in [1.54, 1.807) is 31.4 Å². The van der Waals surface area contributed by atoms with Gasteiger partial charge in [0.15, 0.2) is 0 Å². The van der Waals surface area contributed by atoms with Crippen molar-refractivity contribution < 1.29 is 28.9 Å². The summed E-state index contributed by atoms with van der Waals surface area (Å²) in [4.78, 5) is 28.6. The van der Waals surface area contributed by atoms with Gasteiger partial charge in [-0.3, -0.25) is 14.5 Å². The minimum absolute atomic E-state index is 0.0818. The second-order valence-electron chi connectivity index (χ2n) is 8.77. The van der Waals surface area contributed by atoms with Crippen molar-refractivity contribution in [2.24, 2.45) is 7.05 Å². The Kier molecular flexibility index (Phi) is 6.50. The summed E-state index contributed by atoms with van der Waals surface area (Å²) in [5, 5.41) is 12.7. The fourth-order valence-corrected chi connectivity index (χ4v) is 5.16. The highest BCUT2D eigenvalue weighted by atomic mass is 35.5. The number of Topliss-reactive ketones (excluding diaryl/α,β-unsaturated/α-hetero) is 1. The Morgan fingerprint density at radius 1 is 0.921 bits per heavy atom. The molecule has 8 nitrogen and oxygen atoms in total. The summed E-state index contributed by atoms with van der Waals surface area (Å²) in [7, 11) is 6.32. The zero-order valence-corrected chi connectivity index (χ0v) is 21.9. The lowest BCUT2D eigenvalue weighted by Crippen LogP contribution is -2.29. The molecule has 38 heavy (non-hydrogen) atoms. The molecule has 2 heterocycles. The summed E-state index contributed by atoms with van der Waals surface area (Å²) in [6.45, 7) is 0. The average molecular weight is 533 g/mol. The molecule has 194 valence electrons. The molecule has 1 aliphatic heterocycles. The molecular weight excluding hydrogens is 508 g/mol. The quantitative estimate of drug-likeness (QED) is 0.201. The molecule has 0 bridgehead atoms. The summed E-state index contributed by atoms with van der Waals surface area (Å²) in [5.41, 5.74) is 2.15. The molecule has 1 amide bonds. The topological polar surface area (TPSA) is 90.2 Å². The van der Waals surface area contributed by atoms with E-state index in [1.165, 1.54) is 31.3 Å². The van der Waals surface area contributed by atoms with Crippen molar-refractivity contribution in [3.05, 3.63) is 88.6 Å². The molecule has 0 aliphatic carbocycles. The number of carbonyl (C=O) groups is 2. The summed E-state index contributed by atoms with van der Waals surface area (Å²) in [5.74, 6) is -0.831. The van der Waals surface area contributed by atoms with Gasteiger partial charge in [0, 0.05) is 41.5 Å². The third kappa shape index (κ3) is 3.94. The van der Waals surface area contributed by atoms with Crippen molar-refractivity contribution in [3.63, 3.8) is 0 Å². The van der Waals surface area contributed by atoms with Crippen LogP contribution in [0.15, 0.2) is 72.4 Å². The minimum Gasteiger partial charge on any atom is -0.507 e. The minimum atomic E-state index is -0.930. The smallest absolute Gasteiger partial charge is 0.300 e. The van der Waals surface area contributed by atoms with Gasteiger partial charge in [-0.1, -0.05) is 29.8 Å². The number of anilines is 1. The van der Waals surface area contributed by atoms with Gasteiger partial charge < -0.3 is 23.9 Å². The molecule has 1 aromatic heterocycles. The number of aromatic nitrogens is 1. The number of carbonyl (C=O) groups excluding carboxylic acids is 2. The number of ether oxygens (including phenoxy) is 3. The van der Waals surface area contributed by atoms with Crippen LogP contribution in [0.1, 0.15) is 17.2 Å². The SMILES string of the molecule is COc1ccc(N2C(=O)C(=O)/C(=C(/O)c3cc(Cl)c(OC)cc3OC)C2c2cn(C)c3ccccc23)cc1. The van der Waals surface area contributed by atoms with E-state index in [0.717, 1.165) is 10.9 Å². The predicted octanol–water partition coefficient (Wildman–Crippen LogP) is 5.48. The van der Waals surface area contributed by atoms with Crippen LogP contribution in [0.5, 0.6) is 17.2 Å². The largest absolute Gasteiger partial charge is 0.507 e. The Labute approximate surface area is 224 Å². The molecule has 1 saturated heterocycles. The fraction of sp³-hybridized carbons (Fsp3) is 0.172. The summed E-state index contributed by atoms with van der Waals surface area (Å²) in [6, 6.07) is 16.5. The highest BCUT2D eigenvalue weighted by Gasteiger charge is 2.48. The first kappa shape index (κ1) is 25.2. The Morgan fingerprint density at radius 3 is 2.26 bits per heavy atom. The van der Waals surface area contributed by atoms with Gasteiger partial charge in [0.05, 0.1) is 43.5 Å². The Balaban J connectivity index is 1.81. The molecule has 5 rings (SSSR count). The molecule has 4 aromatic rings. The van der Waals surface area contributed by atoms with Crippen molar-refractivity contribution in [1.29, 1.82) is 0 Å². The number of aliphatic hydroxyl groups is 1. The number of benzene rings is 3. The number of aliphatic hydroxyl groups excluding tert-OH is 1. The standard InChI is InChI=1S/C29H25ClN2O6/c1-31-15-20(18-7-5-6-8-22(18)31)26-25(27(33)19-13-21(30)24(38-4)14-23(19)37-3)28(34)29(35)32(26)16-9-11-17(36-2)12-10-16/h5-15,26,33H,1-4H3/b27-25+. The second kappa shape index (κ2) is 9.79. The highest BCUT2D eigenvalue weighted by molar-refractivity contribution is 6.52. The van der Waals surface area contributed by atoms with Gasteiger partial charge in [-0.05, 0) is 36.4 Å². The number of hydrogen-bond donors (Lipinski definition) is 1. The number of aryl methyl sites for hydroxylation is 1. The molecule has 0 saturated carbocycles. The molecule has 9 heteroatoms. The lowest BCUT2D eigenvalue weighted by Gasteiger charge is -2.25. The molecule has 0 radical (unpaired) electrons. The van der Waals surface area contributed by atoms with E-state index in [1.807, 2.05) is 42.1 Å². The van der Waals surface area contributed by atoms with E-state index < -0.39 is 23.5 Å². The van der Waals surface area contributed by atoms with Gasteiger partial charge in [0.25, 0.3) is 11.7 Å². The van der Waals surface area contributed by atoms with Crippen molar-refractivity contribution in [2.45, 2.75) is 6.04 Å². The van der Waals surface area contributed by atoms with Crippen molar-refractivity contribution in [2.75, 3.05) is 26.2 Å². The van der Waals surface area contributed by atoms with Gasteiger partial charge in [0.1, 0.15) is 23.0 Å². The maximum Gasteiger partial charge on any atom is 0.300 e. The zero-order valence-electron chi connectivity index (χ0n) is 21.2. The van der Waals surface area contributed by atoms with E-state index in [0.29, 0.717) is 22.7 Å². The Bertz CT molecular complexity index is 1610. The maximum absolute atomic E-state index is 13.6. The summed E-state index contributed by atoms with van der Waals surface area (Å²) in [6.07, 6.45) is 1.86. The first-order chi connectivity index (χ1) is 18.3. The number of methoxy groups -OCH3 is 3. The van der Waals surface area contributed by atoms with E-state index >= 15 is 0 Å². The van der Waals surface area contributed by atoms with Crippen molar-refractivity contribution in [1.82, 2.24) is 4.57 Å². The fourth-order valence-electron chi connectivity index (χ4n) is 4.92. The van der Waals surface area contributed by atoms with Crippen molar-refractivity contribution >= 4 is 45.6 Å². The lowest BCUT2D eigenvalue weighted by molar-refractivity contribution is -0.132. The highest BCUT2D eigenvalue weighted by Crippen LogP contribution is 2.46. The molecule has 0 spiro atoms. The Morgan fingerprint density at radius 2 is 1.61 bits per heavy atom. The first-order valence-corrected chi connectivity index (χ1v) is 12.1. The van der Waals surface area contributed by atoms with Gasteiger partial charge in [-0.15, -0.1) is 0 Å². The number of amides is 1. The van der Waals surface area contributed by atoms with Crippen LogP contribution in [0.2, 0.25) is 5.02 Å². The third-order valence-corrected chi connectivity index (χ3v) is 7.04. The molecule has 1 N–H and O–H groups in total. The predicted molar refractivity (Wildman–Crippen MR) is 145 cm³/mol. The number of halogens is 1. The molecule has 1 aliphatic rings. The number of rotatable bonds is 6. The number of para-hydroxylation sites is 1. The maximum atomic E-state index is 13.6. The summed E-state index contributed by atoms with van der Waals surface area (Å²) >= 11 is 6.37. The van der Waals surface area contributed by atoms with Crippen LogP contribution in [0, 0.1) is 0 Å². The average Bonchev–Trinajstić information content (AvgIpc) is 3.41. The number of ketones is 1. The zero-order chi connectivity index (χ0) is 27.1. The monoisotopic (exact) mass is 532 g/mol. The van der Waals surface area contributed by atoms with Gasteiger partial charge in [0.2, 0.25) is 0 Å². The first-order valence-electron chi connectivity index (χ1n) is 11.7. The normalized spacial score (nSPS) is 16.8. The van der Waals surface area contributed by atoms with E-state index in [4.69, 9.17) is 25.8 Å². The van der Waals surface area contributed by atoms with Crippen LogP contribution in [-0.2, 0) is 16.6 Å². The van der Waals surface area contributed by atoms with Gasteiger partial charge in [-0.25, -0.2) is 0 Å². The third-order valence-electron chi connectivity index (χ3n) is 6.75. The van der Waals surface area contributed by atoms with Crippen LogP contribution in [0.3, 0.4) is 0 Å². The van der Waals surface area contributed by atoms with E-state index in [9.17, 15) is 14.7 Å². The molecule has 1 atom stereocenters. The number of hydrogen-bond acceptors (Lipinski definition) is 6. The molecule has 3 aromatic carbocycles. The number of nitrogens with zero attached hydrogens (tertiary/aromatic N) is 2. The lowest BCUT2D eigenvalue weighted by atomic mass is 9.94. The van der Waals surface area contributed by atoms with Gasteiger partial charge >= 0.3 is 0 Å². The van der Waals surface area contributed by atoms with Crippen LogP contribution in [-0.4, -0.2) is 42.7 Å². The van der Waals surface area contributed by atoms with Crippen LogP contribution in [0.25, 0.3) is 16.7 Å². The summed E-state index contributed by atoms with van der Waals surface area (Å²) < 4.78 is 17.9. The van der Waals surface area contributed by atoms with Gasteiger partial charge in [-0.2, -0.15) is 0 Å². The number of fused-ring (bicyclic) bond motifs is 1. The molecule has 1 fully saturated rings. The second-order valence-corrected chi connectivity index (χ2v) is 9.17. The van der Waals surface area contributed by atoms with Crippen molar-refractivity contribution in [3.8, 4) is 17.2 Å². The van der Waals surface area contributed by atoms with Crippen LogP contribution >= 0.6 is 11.6 Å². The van der Waals surface area contributed by atoms with E-state index in [2.05, 4.69) is 0 Å². The Hall–Kier alpha value is -4.43. The molecular formula is C29H25ClN2O6. The van der Waals surface area contributed by atoms with Crippen LogP contribution in [0.4, 0.5) is 5.69 Å².